The number of carboxylic acids is 1. The smallest absolute Gasteiger partial charge is 0.337 e. The molecule has 0 bridgehead atoms. The molecule has 1 atom stereocenters. The van der Waals surface area contributed by atoms with Crippen molar-refractivity contribution >= 4 is 23.6 Å². The molecule has 2 rings (SSSR count). The van der Waals surface area contributed by atoms with E-state index in [9.17, 15) is 18.8 Å². The molecular weight excluding hydrogens is 281 g/mol. The minimum atomic E-state index is -1.36. The molecule has 0 saturated carbocycles. The molecule has 21 heavy (non-hydrogen) atoms. The van der Waals surface area contributed by atoms with Crippen molar-refractivity contribution in [3.05, 3.63) is 29.6 Å². The zero-order valence-electron chi connectivity index (χ0n) is 11.0. The van der Waals surface area contributed by atoms with Crippen LogP contribution >= 0.6 is 0 Å². The van der Waals surface area contributed by atoms with E-state index in [0.717, 1.165) is 6.07 Å². The fourth-order valence-corrected chi connectivity index (χ4v) is 2.31. The van der Waals surface area contributed by atoms with Crippen molar-refractivity contribution in [2.75, 3.05) is 11.9 Å². The number of carbonyl (C=O) groups excluding carboxylic acids is 2. The first-order chi connectivity index (χ1) is 9.91. The van der Waals surface area contributed by atoms with Gasteiger partial charge in [0.05, 0.1) is 11.3 Å². The number of carboxylic acid groups (broad SMARTS) is 1. The molecule has 1 aromatic carbocycles. The molecule has 0 aromatic heterocycles. The quantitative estimate of drug-likeness (QED) is 0.772. The van der Waals surface area contributed by atoms with Gasteiger partial charge in [-0.3, -0.25) is 4.79 Å². The number of para-hydroxylation sites is 1. The van der Waals surface area contributed by atoms with E-state index in [-0.39, 0.29) is 5.56 Å². The molecule has 1 saturated heterocycles. The molecule has 112 valence electrons. The number of amides is 3. The van der Waals surface area contributed by atoms with Crippen molar-refractivity contribution in [3.8, 4) is 0 Å². The molecular formula is C13H14FN3O4. The first-order valence-electron chi connectivity index (χ1n) is 6.30. The Hall–Kier alpha value is -2.64. The first kappa shape index (κ1) is 14.8. The summed E-state index contributed by atoms with van der Waals surface area (Å²) in [5.41, 5.74) is 4.41. The van der Waals surface area contributed by atoms with Gasteiger partial charge in [-0.15, -0.1) is 0 Å². The number of nitrogens with zero attached hydrogens (tertiary/aromatic N) is 1. The second-order valence-electron chi connectivity index (χ2n) is 4.65. The Bertz CT molecular complexity index is 605. The number of anilines is 1. The van der Waals surface area contributed by atoms with E-state index in [1.54, 1.807) is 0 Å². The molecule has 1 fully saturated rings. The monoisotopic (exact) mass is 295 g/mol. The number of hydrogen-bond acceptors (Lipinski definition) is 3. The third-order valence-corrected chi connectivity index (χ3v) is 3.32. The highest BCUT2D eigenvalue weighted by Crippen LogP contribution is 2.23. The lowest BCUT2D eigenvalue weighted by molar-refractivity contribution is -0.121. The van der Waals surface area contributed by atoms with E-state index in [1.165, 1.54) is 17.0 Å². The molecule has 4 N–H and O–H groups in total. The Balaban J connectivity index is 2.24. The fraction of sp³-hybridized carbons (Fsp3) is 0.308. The summed E-state index contributed by atoms with van der Waals surface area (Å²) in [5, 5.41) is 11.2. The second kappa shape index (κ2) is 5.78. The molecule has 0 radical (unpaired) electrons. The number of rotatable bonds is 3. The Kier molecular flexibility index (Phi) is 4.06. The predicted molar refractivity (Wildman–Crippen MR) is 71.3 cm³/mol. The summed E-state index contributed by atoms with van der Waals surface area (Å²) in [6.07, 6.45) is 1.04. The Morgan fingerprint density at radius 3 is 2.71 bits per heavy atom. The van der Waals surface area contributed by atoms with E-state index in [4.69, 9.17) is 10.8 Å². The average Bonchev–Trinajstić information content (AvgIpc) is 2.90. The van der Waals surface area contributed by atoms with E-state index >= 15 is 0 Å². The lowest BCUT2D eigenvalue weighted by Crippen LogP contribution is -2.45. The zero-order valence-corrected chi connectivity index (χ0v) is 11.0. The van der Waals surface area contributed by atoms with Crippen molar-refractivity contribution in [3.63, 3.8) is 0 Å². The SMILES string of the molecule is NC(=O)C1CCCN1C(=O)Nc1c(F)cccc1C(=O)O. The summed E-state index contributed by atoms with van der Waals surface area (Å²) >= 11 is 0. The molecule has 1 aliphatic rings. The third kappa shape index (κ3) is 2.93. The largest absolute Gasteiger partial charge is 0.478 e. The van der Waals surface area contributed by atoms with Crippen LogP contribution in [0, 0.1) is 5.82 Å². The van der Waals surface area contributed by atoms with Crippen molar-refractivity contribution in [1.29, 1.82) is 0 Å². The number of aromatic carboxylic acids is 1. The van der Waals surface area contributed by atoms with Gasteiger partial charge in [-0.25, -0.2) is 14.0 Å². The summed E-state index contributed by atoms with van der Waals surface area (Å²) in [6.45, 7) is 0.302. The molecule has 1 heterocycles. The van der Waals surface area contributed by atoms with E-state index in [0.29, 0.717) is 19.4 Å². The third-order valence-electron chi connectivity index (χ3n) is 3.32. The highest BCUT2D eigenvalue weighted by molar-refractivity contribution is 6.01. The molecule has 1 aromatic rings. The van der Waals surface area contributed by atoms with Crippen LogP contribution in [0.5, 0.6) is 0 Å². The number of nitrogens with one attached hydrogen (secondary N) is 1. The second-order valence-corrected chi connectivity index (χ2v) is 4.65. The standard InChI is InChI=1S/C13H14FN3O4/c14-8-4-1-3-7(12(19)20)10(8)16-13(21)17-6-2-5-9(17)11(15)18/h1,3-4,9H,2,5-6H2,(H2,15,18)(H,16,21)(H,19,20). The number of benzene rings is 1. The van der Waals surface area contributed by atoms with Gasteiger partial charge in [0.25, 0.3) is 0 Å². The fourth-order valence-electron chi connectivity index (χ4n) is 2.31. The van der Waals surface area contributed by atoms with Crippen molar-refractivity contribution in [1.82, 2.24) is 4.90 Å². The van der Waals surface area contributed by atoms with Gasteiger partial charge in [-0.2, -0.15) is 0 Å². The number of hydrogen-bond donors (Lipinski definition) is 3. The highest BCUT2D eigenvalue weighted by Gasteiger charge is 2.33. The summed E-state index contributed by atoms with van der Waals surface area (Å²) in [5.74, 6) is -2.87. The van der Waals surface area contributed by atoms with Crippen LogP contribution in [0.25, 0.3) is 0 Å². The van der Waals surface area contributed by atoms with Gasteiger partial charge in [-0.1, -0.05) is 6.07 Å². The van der Waals surface area contributed by atoms with E-state index in [1.807, 2.05) is 0 Å². The lowest BCUT2D eigenvalue weighted by atomic mass is 10.1. The van der Waals surface area contributed by atoms with Crippen LogP contribution in [-0.2, 0) is 4.79 Å². The van der Waals surface area contributed by atoms with E-state index in [2.05, 4.69) is 5.32 Å². The average molecular weight is 295 g/mol. The summed E-state index contributed by atoms with van der Waals surface area (Å²) in [4.78, 5) is 35.6. The van der Waals surface area contributed by atoms with Gasteiger partial charge in [0.15, 0.2) is 0 Å². The maximum Gasteiger partial charge on any atom is 0.337 e. The zero-order chi connectivity index (χ0) is 15.6. The molecule has 0 aliphatic carbocycles. The van der Waals surface area contributed by atoms with Gasteiger partial charge < -0.3 is 21.1 Å². The van der Waals surface area contributed by atoms with Crippen LogP contribution in [0.4, 0.5) is 14.9 Å². The summed E-state index contributed by atoms with van der Waals surface area (Å²) < 4.78 is 13.7. The highest BCUT2D eigenvalue weighted by atomic mass is 19.1. The van der Waals surface area contributed by atoms with Crippen LogP contribution in [0.1, 0.15) is 23.2 Å². The number of nitrogens with two attached hydrogens (primary N) is 1. The Morgan fingerprint density at radius 1 is 1.38 bits per heavy atom. The Morgan fingerprint density at radius 2 is 2.10 bits per heavy atom. The Labute approximate surface area is 119 Å². The van der Waals surface area contributed by atoms with Gasteiger partial charge in [0, 0.05) is 6.54 Å². The molecule has 7 nitrogen and oxygen atoms in total. The van der Waals surface area contributed by atoms with Crippen LogP contribution in [-0.4, -0.2) is 40.5 Å². The topological polar surface area (TPSA) is 113 Å². The maximum atomic E-state index is 13.7. The summed E-state index contributed by atoms with van der Waals surface area (Å²) in [6, 6.07) is 1.94. The van der Waals surface area contributed by atoms with Crippen molar-refractivity contribution in [2.45, 2.75) is 18.9 Å². The number of halogens is 1. The molecule has 0 spiro atoms. The van der Waals surface area contributed by atoms with Crippen LogP contribution in [0.2, 0.25) is 0 Å². The van der Waals surface area contributed by atoms with Crippen molar-refractivity contribution < 1.29 is 23.9 Å². The van der Waals surface area contributed by atoms with Crippen LogP contribution < -0.4 is 11.1 Å². The molecule has 8 heteroatoms. The number of primary amides is 1. The van der Waals surface area contributed by atoms with E-state index < -0.39 is 35.5 Å². The predicted octanol–water partition coefficient (Wildman–Crippen LogP) is 1.01. The minimum absolute atomic E-state index is 0.302. The first-order valence-corrected chi connectivity index (χ1v) is 6.30. The molecule has 3 amide bonds. The van der Waals surface area contributed by atoms with Gasteiger partial charge in [0.1, 0.15) is 11.9 Å². The normalized spacial score (nSPS) is 17.6. The van der Waals surface area contributed by atoms with Crippen LogP contribution in [0.15, 0.2) is 18.2 Å². The maximum absolute atomic E-state index is 13.7. The summed E-state index contributed by atoms with van der Waals surface area (Å²) in [7, 11) is 0. The number of urea groups is 1. The molecule has 1 aliphatic heterocycles. The number of carbonyl (C=O) groups is 3. The molecule has 1 unspecified atom stereocenters. The van der Waals surface area contributed by atoms with Crippen LogP contribution in [0.3, 0.4) is 0 Å². The lowest BCUT2D eigenvalue weighted by Gasteiger charge is -2.23. The van der Waals surface area contributed by atoms with Gasteiger partial charge in [0.2, 0.25) is 5.91 Å². The van der Waals surface area contributed by atoms with Gasteiger partial charge >= 0.3 is 12.0 Å². The minimum Gasteiger partial charge on any atom is -0.478 e. The van der Waals surface area contributed by atoms with Gasteiger partial charge in [-0.05, 0) is 25.0 Å². The number of likely N-dealkylation sites (tertiary alicyclic amines) is 1. The van der Waals surface area contributed by atoms with Crippen molar-refractivity contribution in [2.24, 2.45) is 5.73 Å².